The Hall–Kier alpha value is -4.70. The Balaban J connectivity index is 1.64. The van der Waals surface area contributed by atoms with Gasteiger partial charge in [-0.05, 0) is 55.8 Å². The van der Waals surface area contributed by atoms with E-state index in [0.29, 0.717) is 43.3 Å². The number of aromatic amines is 1. The number of nitrogens with zero attached hydrogens (tertiary/aromatic N) is 2. The van der Waals surface area contributed by atoms with E-state index < -0.39 is 18.0 Å². The van der Waals surface area contributed by atoms with Crippen molar-refractivity contribution in [3.05, 3.63) is 108 Å². The first-order chi connectivity index (χ1) is 18.8. The summed E-state index contributed by atoms with van der Waals surface area (Å²) in [4.78, 5) is 46.5. The van der Waals surface area contributed by atoms with Gasteiger partial charge in [0.15, 0.2) is 4.80 Å². The van der Waals surface area contributed by atoms with Crippen molar-refractivity contribution >= 4 is 29.4 Å². The van der Waals surface area contributed by atoms with Crippen molar-refractivity contribution in [2.75, 3.05) is 13.7 Å². The maximum absolute atomic E-state index is 13.8. The number of carbonyl (C=O) groups excluding carboxylic acids is 1. The van der Waals surface area contributed by atoms with E-state index in [-0.39, 0.29) is 23.3 Å². The number of carbonyl (C=O) groups is 2. The van der Waals surface area contributed by atoms with E-state index >= 15 is 0 Å². The summed E-state index contributed by atoms with van der Waals surface area (Å²) in [5.41, 5.74) is 3.34. The fourth-order valence-electron chi connectivity index (χ4n) is 4.60. The number of fused-ring (bicyclic) bond motifs is 1. The van der Waals surface area contributed by atoms with Crippen LogP contribution in [0.1, 0.15) is 41.5 Å². The van der Waals surface area contributed by atoms with Crippen molar-refractivity contribution in [1.82, 2.24) is 9.55 Å². The Morgan fingerprint density at radius 2 is 1.95 bits per heavy atom. The molecule has 0 saturated carbocycles. The number of hydrogen-bond donors (Lipinski definition) is 2. The molecule has 0 amide bonds. The minimum absolute atomic E-state index is 0.182. The maximum atomic E-state index is 13.8. The lowest BCUT2D eigenvalue weighted by Crippen LogP contribution is -2.40. The highest BCUT2D eigenvalue weighted by molar-refractivity contribution is 7.07. The molecule has 1 atom stereocenters. The van der Waals surface area contributed by atoms with Gasteiger partial charge in [-0.2, -0.15) is 0 Å². The van der Waals surface area contributed by atoms with Crippen LogP contribution in [0.2, 0.25) is 0 Å². The smallest absolute Gasteiger partial charge is 0.338 e. The Morgan fingerprint density at radius 3 is 2.69 bits per heavy atom. The van der Waals surface area contributed by atoms with E-state index in [2.05, 4.69) is 9.98 Å². The first kappa shape index (κ1) is 25.9. The van der Waals surface area contributed by atoms with Gasteiger partial charge in [0.25, 0.3) is 5.56 Å². The highest BCUT2D eigenvalue weighted by Crippen LogP contribution is 2.35. The van der Waals surface area contributed by atoms with Gasteiger partial charge in [0.1, 0.15) is 11.8 Å². The van der Waals surface area contributed by atoms with Gasteiger partial charge in [-0.1, -0.05) is 41.7 Å². The van der Waals surface area contributed by atoms with Crippen LogP contribution in [-0.4, -0.2) is 40.3 Å². The van der Waals surface area contributed by atoms with Gasteiger partial charge < -0.3 is 19.6 Å². The number of thiazole rings is 1. The van der Waals surface area contributed by atoms with Gasteiger partial charge in [-0.25, -0.2) is 14.6 Å². The van der Waals surface area contributed by atoms with Crippen LogP contribution in [0.15, 0.2) is 81.7 Å². The lowest BCUT2D eigenvalue weighted by Gasteiger charge is -2.25. The minimum atomic E-state index is -1.01. The molecule has 2 aromatic heterocycles. The average Bonchev–Trinajstić information content (AvgIpc) is 3.52. The molecule has 1 unspecified atom stereocenters. The third kappa shape index (κ3) is 4.82. The van der Waals surface area contributed by atoms with Crippen molar-refractivity contribution in [3.8, 4) is 17.0 Å². The fourth-order valence-corrected chi connectivity index (χ4v) is 5.64. The molecule has 0 spiro atoms. The number of nitrogens with one attached hydrogen (secondary N) is 1. The number of ether oxygens (including phenoxy) is 2. The van der Waals surface area contributed by atoms with Gasteiger partial charge in [0, 0.05) is 17.0 Å². The molecule has 0 aliphatic carbocycles. The molecule has 0 fully saturated rings. The van der Waals surface area contributed by atoms with Crippen molar-refractivity contribution < 1.29 is 24.2 Å². The number of rotatable bonds is 7. The molecule has 0 bridgehead atoms. The highest BCUT2D eigenvalue weighted by Gasteiger charge is 2.34. The quantitative estimate of drug-likeness (QED) is 0.344. The molecule has 10 heteroatoms. The number of para-hydroxylation sites is 1. The molecule has 2 N–H and O–H groups in total. The van der Waals surface area contributed by atoms with E-state index in [1.807, 2.05) is 36.4 Å². The zero-order chi connectivity index (χ0) is 27.7. The van der Waals surface area contributed by atoms with Crippen molar-refractivity contribution in [2.24, 2.45) is 4.99 Å². The third-order valence-corrected chi connectivity index (χ3v) is 7.35. The number of carboxylic acid groups (broad SMARTS) is 1. The van der Waals surface area contributed by atoms with Crippen LogP contribution < -0.4 is 19.6 Å². The molecule has 1 aliphatic heterocycles. The summed E-state index contributed by atoms with van der Waals surface area (Å²) in [6.07, 6.45) is 1.72. The van der Waals surface area contributed by atoms with Gasteiger partial charge in [-0.3, -0.25) is 9.36 Å². The standard InChI is InChI=1S/C29H25N3O6S/c1-4-38-28(36)24-16(2)30-29-32(25(24)20-10-5-6-11-22(20)37-3)26(33)23(39-29)15-19-12-13-21(31-19)17-8-7-9-18(14-17)27(34)35/h5-15,25,31H,4H2,1-3H3,(H,34,35). The first-order valence-corrected chi connectivity index (χ1v) is 13.0. The van der Waals surface area contributed by atoms with E-state index in [4.69, 9.17) is 9.47 Å². The number of methoxy groups -OCH3 is 1. The second-order valence-corrected chi connectivity index (χ2v) is 9.77. The van der Waals surface area contributed by atoms with Gasteiger partial charge >= 0.3 is 11.9 Å². The molecule has 198 valence electrons. The van der Waals surface area contributed by atoms with E-state index in [0.717, 1.165) is 0 Å². The summed E-state index contributed by atoms with van der Waals surface area (Å²) in [6, 6.07) is 16.7. The minimum Gasteiger partial charge on any atom is -0.496 e. The molecule has 0 radical (unpaired) electrons. The van der Waals surface area contributed by atoms with Crippen molar-refractivity contribution in [3.63, 3.8) is 0 Å². The summed E-state index contributed by atoms with van der Waals surface area (Å²) in [5, 5.41) is 9.30. The molecule has 9 nitrogen and oxygen atoms in total. The zero-order valence-electron chi connectivity index (χ0n) is 21.4. The van der Waals surface area contributed by atoms with Crippen molar-refractivity contribution in [1.29, 1.82) is 0 Å². The van der Waals surface area contributed by atoms with Crippen LogP contribution >= 0.6 is 11.3 Å². The normalized spacial score (nSPS) is 15.1. The molecule has 2 aromatic carbocycles. The van der Waals surface area contributed by atoms with Crippen LogP contribution in [0, 0.1) is 0 Å². The van der Waals surface area contributed by atoms with Crippen LogP contribution in [0.4, 0.5) is 0 Å². The first-order valence-electron chi connectivity index (χ1n) is 12.2. The molecular weight excluding hydrogens is 518 g/mol. The largest absolute Gasteiger partial charge is 0.496 e. The summed E-state index contributed by atoms with van der Waals surface area (Å²) >= 11 is 1.21. The van der Waals surface area contributed by atoms with Crippen molar-refractivity contribution in [2.45, 2.75) is 19.9 Å². The average molecular weight is 544 g/mol. The summed E-state index contributed by atoms with van der Waals surface area (Å²) in [6.45, 7) is 3.64. The van der Waals surface area contributed by atoms with Gasteiger partial charge in [0.05, 0.1) is 35.1 Å². The number of aromatic nitrogens is 2. The lowest BCUT2D eigenvalue weighted by molar-refractivity contribution is -0.139. The van der Waals surface area contributed by atoms with E-state index in [1.165, 1.54) is 29.1 Å². The topological polar surface area (TPSA) is 123 Å². The number of carboxylic acids is 1. The number of H-pyrrole nitrogens is 1. The Bertz CT molecular complexity index is 1810. The van der Waals surface area contributed by atoms with Crippen LogP contribution in [0.25, 0.3) is 17.3 Å². The molecule has 1 aliphatic rings. The second-order valence-electron chi connectivity index (χ2n) is 8.76. The fraction of sp³-hybridized carbons (Fsp3) is 0.172. The predicted octanol–water partition coefficient (Wildman–Crippen LogP) is 3.50. The Kier molecular flexibility index (Phi) is 7.03. The number of hydrogen-bond acceptors (Lipinski definition) is 7. The second kappa shape index (κ2) is 10.6. The molecule has 5 rings (SSSR count). The van der Waals surface area contributed by atoms with E-state index in [9.17, 15) is 19.5 Å². The highest BCUT2D eigenvalue weighted by atomic mass is 32.1. The zero-order valence-corrected chi connectivity index (χ0v) is 22.2. The molecule has 0 saturated heterocycles. The third-order valence-electron chi connectivity index (χ3n) is 6.37. The number of esters is 1. The predicted molar refractivity (Wildman–Crippen MR) is 147 cm³/mol. The van der Waals surface area contributed by atoms with Crippen LogP contribution in [-0.2, 0) is 9.53 Å². The molecular formula is C29H25N3O6S. The van der Waals surface area contributed by atoms with Gasteiger partial charge in [0.2, 0.25) is 0 Å². The maximum Gasteiger partial charge on any atom is 0.338 e. The number of benzene rings is 2. The van der Waals surface area contributed by atoms with Gasteiger partial charge in [-0.15, -0.1) is 0 Å². The Labute approximate surface area is 227 Å². The summed E-state index contributed by atoms with van der Waals surface area (Å²) < 4.78 is 12.8. The number of aromatic carboxylic acids is 1. The number of allylic oxidation sites excluding steroid dienone is 1. The monoisotopic (exact) mass is 543 g/mol. The van der Waals surface area contributed by atoms with E-state index in [1.54, 1.807) is 38.1 Å². The summed E-state index contributed by atoms with van der Waals surface area (Å²) in [7, 11) is 1.54. The van der Waals surface area contributed by atoms with Crippen LogP contribution in [0.5, 0.6) is 5.75 Å². The summed E-state index contributed by atoms with van der Waals surface area (Å²) in [5.74, 6) is -1.01. The Morgan fingerprint density at radius 1 is 1.15 bits per heavy atom. The molecule has 4 aromatic rings. The lowest BCUT2D eigenvalue weighted by atomic mass is 9.95. The molecule has 39 heavy (non-hydrogen) atoms. The molecule has 3 heterocycles. The van der Waals surface area contributed by atoms with Crippen LogP contribution in [0.3, 0.4) is 0 Å². The SMILES string of the molecule is CCOC(=O)C1=C(C)N=c2sc(=Cc3ccc(-c4cccc(C(=O)O)c4)[nH]3)c(=O)n2C1c1ccccc1OC.